The molecule has 0 saturated heterocycles. The zero-order valence-corrected chi connectivity index (χ0v) is 12.2. The van der Waals surface area contributed by atoms with Crippen LogP contribution in [0.5, 0.6) is 0 Å². The first kappa shape index (κ1) is 13.1. The highest BCUT2D eigenvalue weighted by Gasteiger charge is 2.31. The predicted molar refractivity (Wildman–Crippen MR) is 81.3 cm³/mol. The Hall–Kier alpha value is -1.85. The summed E-state index contributed by atoms with van der Waals surface area (Å²) >= 11 is 7.18. The number of para-hydroxylation sites is 2. The molecular weight excluding hydrogens is 296 g/mol. The minimum absolute atomic E-state index is 0.142. The number of alkyl halides is 1. The van der Waals surface area contributed by atoms with Crippen LogP contribution in [0, 0.1) is 6.92 Å². The fraction of sp³-hybridized carbons (Fsp3) is 0.143. The summed E-state index contributed by atoms with van der Waals surface area (Å²) in [5, 5.41) is 4.60. The smallest absolute Gasteiger partial charge is 0.258 e. The average Bonchev–Trinajstić information content (AvgIpc) is 2.77. The third-order valence-electron chi connectivity index (χ3n) is 3.17. The average molecular weight is 307 g/mol. The molecule has 2 amide bonds. The number of halogens is 1. The molecule has 1 aliphatic rings. The molecule has 2 aromatic rings. The quantitative estimate of drug-likeness (QED) is 0.819. The van der Waals surface area contributed by atoms with Gasteiger partial charge in [0, 0.05) is 10.3 Å². The monoisotopic (exact) mass is 306 g/mol. The predicted octanol–water partition coefficient (Wildman–Crippen LogP) is 3.53. The van der Waals surface area contributed by atoms with E-state index in [2.05, 4.69) is 5.32 Å². The Bertz CT molecular complexity index is 711. The van der Waals surface area contributed by atoms with E-state index in [4.69, 9.17) is 11.6 Å². The van der Waals surface area contributed by atoms with Crippen molar-refractivity contribution in [3.8, 4) is 0 Å². The standard InChI is InChI=1S/C14H11ClN2O2S/c1-8-13-9(7-20-8)14(19)16-10-4-2-3-5-11(10)17(13)12(18)6-15/h2-5,7H,6H2,1H3,(H,16,19). The second kappa shape index (κ2) is 4.92. The van der Waals surface area contributed by atoms with E-state index in [1.165, 1.54) is 16.2 Å². The number of hydrogen-bond donors (Lipinski definition) is 1. The zero-order chi connectivity index (χ0) is 14.3. The molecule has 0 radical (unpaired) electrons. The first-order valence-electron chi connectivity index (χ1n) is 6.01. The fourth-order valence-electron chi connectivity index (χ4n) is 2.29. The van der Waals surface area contributed by atoms with Gasteiger partial charge in [0.25, 0.3) is 5.91 Å². The van der Waals surface area contributed by atoms with Crippen molar-refractivity contribution in [1.82, 2.24) is 0 Å². The molecule has 0 bridgehead atoms. The number of amides is 2. The maximum atomic E-state index is 12.3. The molecule has 1 aromatic carbocycles. The van der Waals surface area contributed by atoms with E-state index in [0.717, 1.165) is 4.88 Å². The lowest BCUT2D eigenvalue weighted by molar-refractivity contribution is -0.115. The molecule has 0 saturated carbocycles. The summed E-state index contributed by atoms with van der Waals surface area (Å²) in [6, 6.07) is 7.21. The Morgan fingerprint density at radius 1 is 1.40 bits per heavy atom. The number of hydrogen-bond acceptors (Lipinski definition) is 3. The maximum Gasteiger partial charge on any atom is 0.258 e. The van der Waals surface area contributed by atoms with Gasteiger partial charge in [0.15, 0.2) is 0 Å². The van der Waals surface area contributed by atoms with Gasteiger partial charge in [-0.1, -0.05) is 12.1 Å². The van der Waals surface area contributed by atoms with Gasteiger partial charge in [-0.25, -0.2) is 0 Å². The Balaban J connectivity index is 2.31. The molecule has 3 rings (SSSR count). The van der Waals surface area contributed by atoms with E-state index in [0.29, 0.717) is 22.6 Å². The lowest BCUT2D eigenvalue weighted by atomic mass is 10.2. The van der Waals surface area contributed by atoms with Crippen molar-refractivity contribution >= 4 is 51.8 Å². The Morgan fingerprint density at radius 2 is 2.15 bits per heavy atom. The van der Waals surface area contributed by atoms with Crippen LogP contribution in [-0.4, -0.2) is 17.7 Å². The first-order chi connectivity index (χ1) is 9.63. The number of carbonyl (C=O) groups is 2. The first-order valence-corrected chi connectivity index (χ1v) is 7.42. The normalized spacial score (nSPS) is 13.3. The van der Waals surface area contributed by atoms with E-state index in [-0.39, 0.29) is 17.7 Å². The number of nitrogens with zero attached hydrogens (tertiary/aromatic N) is 1. The fourth-order valence-corrected chi connectivity index (χ4v) is 3.24. The topological polar surface area (TPSA) is 49.4 Å². The highest BCUT2D eigenvalue weighted by molar-refractivity contribution is 7.11. The van der Waals surface area contributed by atoms with Crippen molar-refractivity contribution in [3.05, 3.63) is 40.1 Å². The zero-order valence-electron chi connectivity index (χ0n) is 10.6. The van der Waals surface area contributed by atoms with E-state index in [1.54, 1.807) is 17.5 Å². The lowest BCUT2D eigenvalue weighted by Gasteiger charge is -2.22. The van der Waals surface area contributed by atoms with Crippen LogP contribution in [0.15, 0.2) is 29.6 Å². The molecule has 2 heterocycles. The van der Waals surface area contributed by atoms with E-state index in [9.17, 15) is 9.59 Å². The Morgan fingerprint density at radius 3 is 2.90 bits per heavy atom. The van der Waals surface area contributed by atoms with Crippen molar-refractivity contribution in [2.24, 2.45) is 0 Å². The molecule has 0 unspecified atom stereocenters. The van der Waals surface area contributed by atoms with Crippen LogP contribution < -0.4 is 10.2 Å². The van der Waals surface area contributed by atoms with Crippen LogP contribution in [0.25, 0.3) is 0 Å². The van der Waals surface area contributed by atoms with Gasteiger partial charge >= 0.3 is 0 Å². The highest BCUT2D eigenvalue weighted by Crippen LogP contribution is 2.42. The third-order valence-corrected chi connectivity index (χ3v) is 4.30. The van der Waals surface area contributed by atoms with Crippen molar-refractivity contribution in [2.45, 2.75) is 6.92 Å². The van der Waals surface area contributed by atoms with Crippen LogP contribution in [0.2, 0.25) is 0 Å². The number of thiophene rings is 1. The van der Waals surface area contributed by atoms with Gasteiger partial charge in [0.1, 0.15) is 5.88 Å². The molecule has 4 nitrogen and oxygen atoms in total. The number of rotatable bonds is 1. The number of carbonyl (C=O) groups excluding carboxylic acids is 2. The summed E-state index contributed by atoms with van der Waals surface area (Å²) in [7, 11) is 0. The molecule has 1 N–H and O–H groups in total. The number of anilines is 3. The molecule has 6 heteroatoms. The third kappa shape index (κ3) is 1.90. The van der Waals surface area contributed by atoms with E-state index >= 15 is 0 Å². The summed E-state index contributed by atoms with van der Waals surface area (Å²) in [5.74, 6) is -0.600. The number of aryl methyl sites for hydroxylation is 1. The van der Waals surface area contributed by atoms with Crippen LogP contribution in [0.4, 0.5) is 17.1 Å². The van der Waals surface area contributed by atoms with Gasteiger partial charge < -0.3 is 5.32 Å². The van der Waals surface area contributed by atoms with Gasteiger partial charge in [0.05, 0.1) is 22.6 Å². The number of nitrogens with one attached hydrogen (secondary N) is 1. The summed E-state index contributed by atoms with van der Waals surface area (Å²) in [6.45, 7) is 1.89. The highest BCUT2D eigenvalue weighted by atomic mass is 35.5. The summed E-state index contributed by atoms with van der Waals surface area (Å²) in [5.41, 5.74) is 2.38. The Labute approximate surface area is 125 Å². The van der Waals surface area contributed by atoms with Crippen molar-refractivity contribution in [3.63, 3.8) is 0 Å². The van der Waals surface area contributed by atoms with Crippen LogP contribution in [0.1, 0.15) is 15.2 Å². The SMILES string of the molecule is Cc1scc2c1N(C(=O)CCl)c1ccccc1NC2=O. The van der Waals surface area contributed by atoms with Crippen molar-refractivity contribution < 1.29 is 9.59 Å². The number of benzene rings is 1. The summed E-state index contributed by atoms with van der Waals surface area (Å²) in [4.78, 5) is 27.0. The second-order valence-corrected chi connectivity index (χ2v) is 5.74. The second-order valence-electron chi connectivity index (χ2n) is 4.39. The van der Waals surface area contributed by atoms with Crippen LogP contribution in [-0.2, 0) is 4.79 Å². The van der Waals surface area contributed by atoms with Crippen molar-refractivity contribution in [1.29, 1.82) is 0 Å². The minimum atomic E-state index is -0.252. The minimum Gasteiger partial charge on any atom is -0.320 e. The molecule has 0 aliphatic carbocycles. The molecule has 20 heavy (non-hydrogen) atoms. The summed E-state index contributed by atoms with van der Waals surface area (Å²) < 4.78 is 0. The van der Waals surface area contributed by atoms with Crippen LogP contribution >= 0.6 is 22.9 Å². The molecule has 1 aliphatic heterocycles. The molecule has 0 spiro atoms. The molecular formula is C14H11ClN2O2S. The van der Waals surface area contributed by atoms with E-state index < -0.39 is 0 Å². The molecule has 1 aromatic heterocycles. The van der Waals surface area contributed by atoms with Crippen molar-refractivity contribution in [2.75, 3.05) is 16.1 Å². The van der Waals surface area contributed by atoms with Gasteiger partial charge in [-0.05, 0) is 19.1 Å². The summed E-state index contributed by atoms with van der Waals surface area (Å²) in [6.07, 6.45) is 0. The van der Waals surface area contributed by atoms with Gasteiger partial charge in [-0.3, -0.25) is 14.5 Å². The largest absolute Gasteiger partial charge is 0.320 e. The van der Waals surface area contributed by atoms with Gasteiger partial charge in [-0.2, -0.15) is 0 Å². The molecule has 102 valence electrons. The molecule has 0 atom stereocenters. The van der Waals surface area contributed by atoms with Gasteiger partial charge in [0.2, 0.25) is 5.91 Å². The van der Waals surface area contributed by atoms with Gasteiger partial charge in [-0.15, -0.1) is 22.9 Å². The van der Waals surface area contributed by atoms with E-state index in [1.807, 2.05) is 19.1 Å². The Kier molecular flexibility index (Phi) is 3.23. The van der Waals surface area contributed by atoms with Crippen LogP contribution in [0.3, 0.4) is 0 Å². The molecule has 0 fully saturated rings. The maximum absolute atomic E-state index is 12.3. The number of fused-ring (bicyclic) bond motifs is 2. The lowest BCUT2D eigenvalue weighted by Crippen LogP contribution is -2.27.